The predicted octanol–water partition coefficient (Wildman–Crippen LogP) is 1.88. The molecule has 2 aromatic rings. The van der Waals surface area contributed by atoms with Crippen molar-refractivity contribution in [3.8, 4) is 0 Å². The molecule has 0 saturated carbocycles. The number of rotatable bonds is 5. The number of aromatic nitrogens is 3. The van der Waals surface area contributed by atoms with Gasteiger partial charge in [-0.3, -0.25) is 9.36 Å². The molecule has 0 atom stereocenters. The quantitative estimate of drug-likeness (QED) is 0.818. The van der Waals surface area contributed by atoms with Crippen molar-refractivity contribution in [1.82, 2.24) is 14.8 Å². The van der Waals surface area contributed by atoms with Crippen molar-refractivity contribution in [3.63, 3.8) is 0 Å². The highest BCUT2D eigenvalue weighted by atomic mass is 35.5. The summed E-state index contributed by atoms with van der Waals surface area (Å²) in [6, 6.07) is 4.29. The van der Waals surface area contributed by atoms with Gasteiger partial charge < -0.3 is 10.8 Å². The molecule has 6 nitrogen and oxygen atoms in total. The van der Waals surface area contributed by atoms with Crippen molar-refractivity contribution in [2.45, 2.75) is 11.7 Å². The van der Waals surface area contributed by atoms with E-state index in [4.69, 9.17) is 22.4 Å². The Labute approximate surface area is 122 Å². The molecule has 1 heterocycles. The fourth-order valence-electron chi connectivity index (χ4n) is 1.50. The number of hydrogen-bond donors (Lipinski definition) is 2. The molecule has 0 aliphatic carbocycles. The molecule has 3 N–H and O–H groups in total. The van der Waals surface area contributed by atoms with E-state index in [-0.39, 0.29) is 23.3 Å². The zero-order valence-electron chi connectivity index (χ0n) is 10.1. The summed E-state index contributed by atoms with van der Waals surface area (Å²) in [5.41, 5.74) is 6.39. The molecule has 0 spiro atoms. The van der Waals surface area contributed by atoms with Crippen LogP contribution in [0.3, 0.4) is 0 Å². The molecule has 0 unspecified atom stereocenters. The van der Waals surface area contributed by atoms with Gasteiger partial charge in [-0.15, -0.1) is 10.2 Å². The standard InChI is InChI=1S/C11H10ClFN4O2S/c12-7-3-6(1-2-8(7)13)4-17-10(14)15-16-11(17)20-5-9(18)19/h1-3H,4-5H2,(H2,14,15)(H,18,19). The Morgan fingerprint density at radius 2 is 2.25 bits per heavy atom. The van der Waals surface area contributed by atoms with Crippen molar-refractivity contribution in [2.24, 2.45) is 0 Å². The predicted molar refractivity (Wildman–Crippen MR) is 73.3 cm³/mol. The van der Waals surface area contributed by atoms with Gasteiger partial charge in [0.25, 0.3) is 0 Å². The molecule has 9 heteroatoms. The minimum atomic E-state index is -0.965. The van der Waals surface area contributed by atoms with Gasteiger partial charge in [0.1, 0.15) is 5.82 Å². The Bertz CT molecular complexity index is 649. The molecular formula is C11H10ClFN4O2S. The van der Waals surface area contributed by atoms with E-state index in [0.29, 0.717) is 10.7 Å². The minimum absolute atomic E-state index is 0.00823. The van der Waals surface area contributed by atoms with Crippen LogP contribution in [-0.2, 0) is 11.3 Å². The Morgan fingerprint density at radius 1 is 1.50 bits per heavy atom. The molecule has 0 aliphatic rings. The van der Waals surface area contributed by atoms with Gasteiger partial charge in [-0.25, -0.2) is 4.39 Å². The van der Waals surface area contributed by atoms with Gasteiger partial charge in [-0.1, -0.05) is 29.4 Å². The molecule has 0 amide bonds. The maximum Gasteiger partial charge on any atom is 0.313 e. The van der Waals surface area contributed by atoms with Crippen molar-refractivity contribution in [3.05, 3.63) is 34.6 Å². The van der Waals surface area contributed by atoms with Crippen LogP contribution in [0.5, 0.6) is 0 Å². The fourth-order valence-corrected chi connectivity index (χ4v) is 2.37. The first kappa shape index (κ1) is 14.6. The fraction of sp³-hybridized carbons (Fsp3) is 0.182. The Morgan fingerprint density at radius 3 is 2.90 bits per heavy atom. The molecule has 0 fully saturated rings. The molecular weight excluding hydrogens is 307 g/mol. The Hall–Kier alpha value is -1.80. The van der Waals surface area contributed by atoms with E-state index in [9.17, 15) is 9.18 Å². The van der Waals surface area contributed by atoms with Gasteiger partial charge in [-0.2, -0.15) is 0 Å². The number of carboxylic acids is 1. The number of halogens is 2. The highest BCUT2D eigenvalue weighted by Crippen LogP contribution is 2.21. The number of anilines is 1. The van der Waals surface area contributed by atoms with Crippen LogP contribution in [0.15, 0.2) is 23.4 Å². The van der Waals surface area contributed by atoms with Crippen LogP contribution in [0.25, 0.3) is 0 Å². The van der Waals surface area contributed by atoms with E-state index in [0.717, 1.165) is 11.8 Å². The maximum absolute atomic E-state index is 13.1. The summed E-state index contributed by atoms with van der Waals surface area (Å²) in [6.07, 6.45) is 0. The number of carbonyl (C=O) groups is 1. The Balaban J connectivity index is 2.21. The first-order chi connectivity index (χ1) is 9.47. The molecule has 1 aromatic heterocycles. The number of nitrogen functional groups attached to an aromatic ring is 1. The summed E-state index contributed by atoms with van der Waals surface area (Å²) < 4.78 is 14.6. The normalized spacial score (nSPS) is 10.7. The second kappa shape index (κ2) is 6.10. The van der Waals surface area contributed by atoms with Gasteiger partial charge in [0, 0.05) is 0 Å². The maximum atomic E-state index is 13.1. The summed E-state index contributed by atoms with van der Waals surface area (Å²) >= 11 is 6.71. The van der Waals surface area contributed by atoms with Gasteiger partial charge in [0.2, 0.25) is 5.95 Å². The lowest BCUT2D eigenvalue weighted by molar-refractivity contribution is -0.133. The molecule has 106 valence electrons. The zero-order chi connectivity index (χ0) is 14.7. The lowest BCUT2D eigenvalue weighted by Crippen LogP contribution is -2.07. The van der Waals surface area contributed by atoms with Gasteiger partial charge in [0.15, 0.2) is 5.16 Å². The second-order valence-electron chi connectivity index (χ2n) is 3.86. The third kappa shape index (κ3) is 3.40. The molecule has 20 heavy (non-hydrogen) atoms. The van der Waals surface area contributed by atoms with E-state index >= 15 is 0 Å². The first-order valence-electron chi connectivity index (χ1n) is 5.44. The van der Waals surface area contributed by atoms with Gasteiger partial charge in [-0.05, 0) is 17.7 Å². The average molecular weight is 317 g/mol. The summed E-state index contributed by atoms with van der Waals surface area (Å²) in [6.45, 7) is 0.279. The van der Waals surface area contributed by atoms with E-state index in [1.54, 1.807) is 6.07 Å². The number of benzene rings is 1. The molecule has 2 rings (SSSR count). The van der Waals surface area contributed by atoms with E-state index in [2.05, 4.69) is 10.2 Å². The summed E-state index contributed by atoms with van der Waals surface area (Å²) in [5, 5.41) is 16.6. The summed E-state index contributed by atoms with van der Waals surface area (Å²) in [4.78, 5) is 10.6. The first-order valence-corrected chi connectivity index (χ1v) is 6.81. The number of nitrogens with zero attached hydrogens (tertiary/aromatic N) is 3. The number of hydrogen-bond acceptors (Lipinski definition) is 5. The van der Waals surface area contributed by atoms with Crippen LogP contribution in [0.2, 0.25) is 5.02 Å². The topological polar surface area (TPSA) is 94.0 Å². The minimum Gasteiger partial charge on any atom is -0.481 e. The van der Waals surface area contributed by atoms with Crippen molar-refractivity contribution < 1.29 is 14.3 Å². The average Bonchev–Trinajstić information content (AvgIpc) is 2.73. The van der Waals surface area contributed by atoms with Crippen LogP contribution in [0.1, 0.15) is 5.56 Å². The molecule has 1 aromatic carbocycles. The molecule has 0 saturated heterocycles. The van der Waals surface area contributed by atoms with Crippen LogP contribution >= 0.6 is 23.4 Å². The van der Waals surface area contributed by atoms with Crippen molar-refractivity contribution in [2.75, 3.05) is 11.5 Å². The summed E-state index contributed by atoms with van der Waals surface area (Å²) in [5.74, 6) is -1.47. The second-order valence-corrected chi connectivity index (χ2v) is 5.21. The highest BCUT2D eigenvalue weighted by molar-refractivity contribution is 7.99. The third-order valence-electron chi connectivity index (χ3n) is 2.39. The van der Waals surface area contributed by atoms with Crippen molar-refractivity contribution >= 4 is 35.3 Å². The monoisotopic (exact) mass is 316 g/mol. The van der Waals surface area contributed by atoms with Crippen LogP contribution in [0, 0.1) is 5.82 Å². The molecule has 0 aliphatic heterocycles. The summed E-state index contributed by atoms with van der Waals surface area (Å²) in [7, 11) is 0. The van der Waals surface area contributed by atoms with Gasteiger partial charge >= 0.3 is 5.97 Å². The smallest absolute Gasteiger partial charge is 0.313 e. The van der Waals surface area contributed by atoms with E-state index in [1.165, 1.54) is 16.7 Å². The number of aliphatic carboxylic acids is 1. The van der Waals surface area contributed by atoms with Gasteiger partial charge in [0.05, 0.1) is 17.3 Å². The van der Waals surface area contributed by atoms with E-state index < -0.39 is 11.8 Å². The van der Waals surface area contributed by atoms with E-state index in [1.807, 2.05) is 0 Å². The number of carboxylic acid groups (broad SMARTS) is 1. The lowest BCUT2D eigenvalue weighted by Gasteiger charge is -2.08. The van der Waals surface area contributed by atoms with Crippen molar-refractivity contribution in [1.29, 1.82) is 0 Å². The molecule has 0 radical (unpaired) electrons. The molecule has 0 bridgehead atoms. The highest BCUT2D eigenvalue weighted by Gasteiger charge is 2.13. The third-order valence-corrected chi connectivity index (χ3v) is 3.64. The Kier molecular flexibility index (Phi) is 4.46. The number of thioether (sulfide) groups is 1. The van der Waals surface area contributed by atoms with Crippen LogP contribution in [-0.4, -0.2) is 31.6 Å². The zero-order valence-corrected chi connectivity index (χ0v) is 11.7. The largest absolute Gasteiger partial charge is 0.481 e. The number of nitrogens with two attached hydrogens (primary N) is 1. The van der Waals surface area contributed by atoms with Crippen LogP contribution in [0.4, 0.5) is 10.3 Å². The SMILES string of the molecule is Nc1nnc(SCC(=O)O)n1Cc1ccc(F)c(Cl)c1. The lowest BCUT2D eigenvalue weighted by atomic mass is 10.2. The van der Waals surface area contributed by atoms with Crippen LogP contribution < -0.4 is 5.73 Å².